The molecule has 0 aliphatic heterocycles. The molecule has 2 aromatic heterocycles. The summed E-state index contributed by atoms with van der Waals surface area (Å²) in [6.07, 6.45) is 13.7. The zero-order chi connectivity index (χ0) is 31.6. The van der Waals surface area contributed by atoms with Crippen LogP contribution in [0.15, 0.2) is 152 Å². The van der Waals surface area contributed by atoms with Gasteiger partial charge in [-0.1, -0.05) is 133 Å². The molecule has 8 aromatic rings. The molecule has 0 fully saturated rings. The van der Waals surface area contributed by atoms with E-state index in [1.165, 1.54) is 88.4 Å². The van der Waals surface area contributed by atoms with Crippen molar-refractivity contribution in [2.45, 2.75) is 25.7 Å². The highest BCUT2D eigenvalue weighted by atomic mass is 15.1. The van der Waals surface area contributed by atoms with Crippen LogP contribution in [0.4, 0.5) is 0 Å². The van der Waals surface area contributed by atoms with Gasteiger partial charge in [-0.2, -0.15) is 0 Å². The van der Waals surface area contributed by atoms with Gasteiger partial charge in [0.05, 0.1) is 22.2 Å². The number of rotatable bonds is 4. The summed E-state index contributed by atoms with van der Waals surface area (Å²) in [6, 6.07) is 49.0. The lowest BCUT2D eigenvalue weighted by Gasteiger charge is -2.19. The number of para-hydroxylation sites is 1. The molecule has 0 amide bonds. The van der Waals surface area contributed by atoms with E-state index in [0.717, 1.165) is 25.7 Å². The maximum atomic E-state index is 2.59. The van der Waals surface area contributed by atoms with Crippen LogP contribution in [0.3, 0.4) is 0 Å². The monoisotopic (exact) mass is 614 g/mol. The molecule has 10 rings (SSSR count). The quantitative estimate of drug-likeness (QED) is 0.187. The second-order valence-electron chi connectivity index (χ2n) is 13.1. The number of benzene rings is 6. The molecule has 2 heterocycles. The Kier molecular flexibility index (Phi) is 6.17. The molecule has 0 bridgehead atoms. The third-order valence-corrected chi connectivity index (χ3v) is 10.5. The van der Waals surface area contributed by atoms with Gasteiger partial charge in [-0.3, -0.25) is 0 Å². The molecule has 0 saturated carbocycles. The molecular formula is C46H34N2. The molecule has 0 atom stereocenters. The third kappa shape index (κ3) is 4.12. The first-order chi connectivity index (χ1) is 23.8. The predicted octanol–water partition coefficient (Wildman–Crippen LogP) is 12.2. The third-order valence-electron chi connectivity index (χ3n) is 10.5. The molecule has 0 radical (unpaired) electrons. The van der Waals surface area contributed by atoms with Gasteiger partial charge in [0.1, 0.15) is 0 Å². The van der Waals surface area contributed by atoms with Crippen LogP contribution in [0.1, 0.15) is 36.1 Å². The largest absolute Gasteiger partial charge is 0.311 e. The minimum Gasteiger partial charge on any atom is -0.311 e. The second kappa shape index (κ2) is 10.9. The number of hydrogen-bond donors (Lipinski definition) is 0. The minimum absolute atomic E-state index is 0.990. The highest BCUT2D eigenvalue weighted by Gasteiger charge is 2.25. The van der Waals surface area contributed by atoms with Gasteiger partial charge in [0, 0.05) is 32.9 Å². The molecule has 6 aromatic carbocycles. The van der Waals surface area contributed by atoms with E-state index in [1.54, 1.807) is 0 Å². The van der Waals surface area contributed by atoms with Gasteiger partial charge in [0.25, 0.3) is 0 Å². The first-order valence-electron chi connectivity index (χ1n) is 17.1. The number of allylic oxidation sites excluding steroid dienone is 5. The van der Waals surface area contributed by atoms with Crippen LogP contribution < -0.4 is 0 Å². The van der Waals surface area contributed by atoms with E-state index in [4.69, 9.17) is 0 Å². The summed E-state index contributed by atoms with van der Waals surface area (Å²) in [7, 11) is 0. The van der Waals surface area contributed by atoms with Gasteiger partial charge >= 0.3 is 0 Å². The van der Waals surface area contributed by atoms with Crippen LogP contribution in [0, 0.1) is 0 Å². The summed E-state index contributed by atoms with van der Waals surface area (Å²) in [5.41, 5.74) is 14.3. The van der Waals surface area contributed by atoms with Crippen LogP contribution >= 0.6 is 0 Å². The summed E-state index contributed by atoms with van der Waals surface area (Å²) < 4.78 is 5.16. The summed E-state index contributed by atoms with van der Waals surface area (Å²) >= 11 is 0. The van der Waals surface area contributed by atoms with Crippen molar-refractivity contribution in [3.8, 4) is 16.8 Å². The number of aryl methyl sites for hydroxylation is 1. The van der Waals surface area contributed by atoms with Gasteiger partial charge < -0.3 is 9.13 Å². The van der Waals surface area contributed by atoms with Crippen molar-refractivity contribution >= 4 is 60.8 Å². The van der Waals surface area contributed by atoms with Gasteiger partial charge in [0.2, 0.25) is 0 Å². The van der Waals surface area contributed by atoms with Crippen molar-refractivity contribution < 1.29 is 0 Å². The van der Waals surface area contributed by atoms with E-state index >= 15 is 0 Å². The highest BCUT2D eigenvalue weighted by molar-refractivity contribution is 6.20. The predicted molar refractivity (Wildman–Crippen MR) is 204 cm³/mol. The van der Waals surface area contributed by atoms with E-state index in [1.807, 2.05) is 0 Å². The zero-order valence-electron chi connectivity index (χ0n) is 26.7. The Bertz CT molecular complexity index is 2630. The molecule has 228 valence electrons. The van der Waals surface area contributed by atoms with Crippen molar-refractivity contribution in [2.24, 2.45) is 0 Å². The Hall–Kier alpha value is -5.86. The Labute approximate surface area is 280 Å². The van der Waals surface area contributed by atoms with E-state index in [0.29, 0.717) is 0 Å². The second-order valence-corrected chi connectivity index (χ2v) is 13.1. The first-order valence-corrected chi connectivity index (χ1v) is 17.1. The maximum Gasteiger partial charge on any atom is 0.0786 e. The van der Waals surface area contributed by atoms with E-state index in [2.05, 4.69) is 167 Å². The van der Waals surface area contributed by atoms with Crippen molar-refractivity contribution in [2.75, 3.05) is 0 Å². The lowest BCUT2D eigenvalue weighted by molar-refractivity contribution is 0.967. The molecule has 2 nitrogen and oxygen atoms in total. The lowest BCUT2D eigenvalue weighted by Crippen LogP contribution is -2.04. The SMILES string of the molecule is C1=Cc2c(c3ccc4c5ccccc5n(C5=CC(c6ccc(-c7ccccc7)cc6)=CCC5)c4c3n2-c2cccc3ccccc23)CC1. The Balaban J connectivity index is 1.24. The summed E-state index contributed by atoms with van der Waals surface area (Å²) in [6.45, 7) is 0. The van der Waals surface area contributed by atoms with Crippen molar-refractivity contribution in [1.29, 1.82) is 0 Å². The van der Waals surface area contributed by atoms with Crippen LogP contribution in [0.5, 0.6) is 0 Å². The normalized spacial score (nSPS) is 14.5. The first kappa shape index (κ1) is 27.3. The van der Waals surface area contributed by atoms with E-state index in [9.17, 15) is 0 Å². The van der Waals surface area contributed by atoms with Crippen LogP contribution in [0.25, 0.3) is 77.6 Å². The molecule has 2 aliphatic carbocycles. The molecule has 48 heavy (non-hydrogen) atoms. The minimum atomic E-state index is 0.990. The smallest absolute Gasteiger partial charge is 0.0786 e. The standard InChI is InChI=1S/C46H34N2/c1-2-12-31(13-3-1)32-24-26-33(27-25-32)35-16-10-17-36(30-35)47-43-21-8-6-19-38(43)40-28-29-41-39-20-7-9-22-44(39)48(46(41)45(40)47)42-23-11-15-34-14-4-5-18-37(34)42/h1-6,8-9,11-16,18-19,21-30H,7,10,17,20H2. The number of nitrogens with zero attached hydrogens (tertiary/aromatic N) is 2. The number of hydrogen-bond acceptors (Lipinski definition) is 0. The fraction of sp³-hybridized carbons (Fsp3) is 0.0870. The number of fused-ring (bicyclic) bond motifs is 8. The van der Waals surface area contributed by atoms with Gasteiger partial charge in [-0.15, -0.1) is 0 Å². The van der Waals surface area contributed by atoms with Crippen LogP contribution in [-0.2, 0) is 6.42 Å². The summed E-state index contributed by atoms with van der Waals surface area (Å²) in [5, 5.41) is 6.52. The number of aromatic nitrogens is 2. The average Bonchev–Trinajstić information content (AvgIpc) is 3.68. The Morgan fingerprint density at radius 2 is 1.19 bits per heavy atom. The lowest BCUT2D eigenvalue weighted by atomic mass is 9.95. The Morgan fingerprint density at radius 3 is 2.08 bits per heavy atom. The maximum absolute atomic E-state index is 2.59. The molecule has 2 aliphatic rings. The molecule has 0 saturated heterocycles. The summed E-state index contributed by atoms with van der Waals surface area (Å²) in [5.74, 6) is 0. The van der Waals surface area contributed by atoms with Crippen molar-refractivity contribution in [1.82, 2.24) is 9.13 Å². The fourth-order valence-electron chi connectivity index (χ4n) is 8.27. The van der Waals surface area contributed by atoms with Crippen molar-refractivity contribution in [3.05, 3.63) is 169 Å². The van der Waals surface area contributed by atoms with Gasteiger partial charge in [0.15, 0.2) is 0 Å². The van der Waals surface area contributed by atoms with Crippen LogP contribution in [0.2, 0.25) is 0 Å². The van der Waals surface area contributed by atoms with Crippen LogP contribution in [-0.4, -0.2) is 9.13 Å². The Morgan fingerprint density at radius 1 is 0.479 bits per heavy atom. The topological polar surface area (TPSA) is 9.86 Å². The average molecular weight is 615 g/mol. The van der Waals surface area contributed by atoms with Gasteiger partial charge in [-0.05, 0) is 83.2 Å². The van der Waals surface area contributed by atoms with Crippen molar-refractivity contribution in [3.63, 3.8) is 0 Å². The van der Waals surface area contributed by atoms with E-state index in [-0.39, 0.29) is 0 Å². The van der Waals surface area contributed by atoms with Gasteiger partial charge in [-0.25, -0.2) is 0 Å². The highest BCUT2D eigenvalue weighted by Crippen LogP contribution is 2.44. The molecule has 2 heteroatoms. The fourth-order valence-corrected chi connectivity index (χ4v) is 8.27. The molecule has 0 unspecified atom stereocenters. The summed E-state index contributed by atoms with van der Waals surface area (Å²) in [4.78, 5) is 0. The molecule has 0 spiro atoms. The van der Waals surface area contributed by atoms with E-state index < -0.39 is 0 Å². The zero-order valence-corrected chi connectivity index (χ0v) is 26.7. The molecular weight excluding hydrogens is 581 g/mol. The molecule has 0 N–H and O–H groups in total.